The molecular formula is C8H17K. The summed E-state index contributed by atoms with van der Waals surface area (Å²) in [5, 5.41) is 0. The van der Waals surface area contributed by atoms with Crippen molar-refractivity contribution in [2.45, 2.75) is 40.0 Å². The first-order valence-electron chi connectivity index (χ1n) is 4.35. The molecule has 0 spiro atoms. The van der Waals surface area contributed by atoms with Crippen molar-refractivity contribution < 1.29 is 0 Å². The summed E-state index contributed by atoms with van der Waals surface area (Å²) < 4.78 is 1.56. The normalized spacial score (nSPS) is 13.8. The SMILES string of the molecule is CCCCC(CC)[CH2][K]. The molecule has 0 aliphatic rings. The van der Waals surface area contributed by atoms with E-state index in [4.69, 9.17) is 0 Å². The van der Waals surface area contributed by atoms with E-state index in [-0.39, 0.29) is 0 Å². The summed E-state index contributed by atoms with van der Waals surface area (Å²) >= 11 is 1.08. The molecule has 0 radical (unpaired) electrons. The fourth-order valence-corrected chi connectivity index (χ4v) is 2.73. The summed E-state index contributed by atoms with van der Waals surface area (Å²) in [6.45, 7) is 4.61. The molecule has 0 saturated carbocycles. The van der Waals surface area contributed by atoms with Gasteiger partial charge in [-0.1, -0.05) is 0 Å². The molecule has 0 amide bonds. The van der Waals surface area contributed by atoms with Gasteiger partial charge in [0.15, 0.2) is 0 Å². The van der Waals surface area contributed by atoms with Gasteiger partial charge in [0.05, 0.1) is 0 Å². The minimum absolute atomic E-state index is 1.08. The van der Waals surface area contributed by atoms with E-state index in [2.05, 4.69) is 13.8 Å². The molecule has 0 heterocycles. The van der Waals surface area contributed by atoms with Crippen LogP contribution in [0.15, 0.2) is 0 Å². The van der Waals surface area contributed by atoms with Gasteiger partial charge in [0.2, 0.25) is 0 Å². The van der Waals surface area contributed by atoms with Crippen LogP contribution in [0.4, 0.5) is 0 Å². The Labute approximate surface area is 93.4 Å². The van der Waals surface area contributed by atoms with E-state index in [9.17, 15) is 0 Å². The van der Waals surface area contributed by atoms with E-state index in [0.717, 1.165) is 54.9 Å². The number of rotatable bonds is 5. The van der Waals surface area contributed by atoms with Crippen molar-refractivity contribution in [1.29, 1.82) is 0 Å². The molecule has 1 atom stereocenters. The predicted molar refractivity (Wildman–Crippen MR) is 43.9 cm³/mol. The Hall–Kier alpha value is 1.64. The Morgan fingerprint density at radius 3 is 2.33 bits per heavy atom. The van der Waals surface area contributed by atoms with Crippen molar-refractivity contribution in [2.75, 3.05) is 0 Å². The van der Waals surface area contributed by atoms with Gasteiger partial charge in [-0.15, -0.1) is 0 Å². The third-order valence-electron chi connectivity index (χ3n) is 2.12. The molecule has 0 saturated heterocycles. The van der Waals surface area contributed by atoms with Crippen molar-refractivity contribution in [3.63, 3.8) is 0 Å². The van der Waals surface area contributed by atoms with Crippen LogP contribution in [0, 0.1) is 5.92 Å². The van der Waals surface area contributed by atoms with Crippen molar-refractivity contribution in [2.24, 2.45) is 5.92 Å². The molecule has 0 rings (SSSR count). The fourth-order valence-electron chi connectivity index (χ4n) is 1.19. The molecule has 0 fully saturated rings. The fraction of sp³-hybridized carbons (Fsp3) is 1.00. The first kappa shape index (κ1) is 10.6. The first-order chi connectivity index (χ1) is 4.35. The summed E-state index contributed by atoms with van der Waals surface area (Å²) in [4.78, 5) is 0. The summed E-state index contributed by atoms with van der Waals surface area (Å²) in [7, 11) is 0. The average Bonchev–Trinajstić information content (AvgIpc) is 1.91. The van der Waals surface area contributed by atoms with Crippen LogP contribution in [-0.4, -0.2) is 49.0 Å². The molecule has 0 aromatic carbocycles. The van der Waals surface area contributed by atoms with Gasteiger partial charge in [-0.3, -0.25) is 0 Å². The van der Waals surface area contributed by atoms with E-state index < -0.39 is 0 Å². The quantitative estimate of drug-likeness (QED) is 0.531. The molecule has 0 bridgehead atoms. The van der Waals surface area contributed by atoms with Gasteiger partial charge in [0.25, 0.3) is 0 Å². The predicted octanol–water partition coefficient (Wildman–Crippen LogP) is 2.79. The van der Waals surface area contributed by atoms with E-state index in [1.807, 2.05) is 0 Å². The van der Waals surface area contributed by atoms with E-state index in [0.29, 0.717) is 0 Å². The molecule has 50 valence electrons. The molecule has 1 heteroatoms. The number of hydrogen-bond acceptors (Lipinski definition) is 0. The van der Waals surface area contributed by atoms with Crippen LogP contribution in [0.1, 0.15) is 39.5 Å². The Balaban J connectivity index is 3.09. The molecular weight excluding hydrogens is 135 g/mol. The van der Waals surface area contributed by atoms with Crippen molar-refractivity contribution in [1.82, 2.24) is 0 Å². The van der Waals surface area contributed by atoms with Crippen molar-refractivity contribution in [3.05, 3.63) is 0 Å². The molecule has 1 unspecified atom stereocenters. The maximum atomic E-state index is 2.33. The molecule has 0 nitrogen and oxygen atoms in total. The van der Waals surface area contributed by atoms with Crippen LogP contribution in [-0.2, 0) is 0 Å². The zero-order valence-electron chi connectivity index (χ0n) is 7.11. The van der Waals surface area contributed by atoms with Crippen LogP contribution in [0.2, 0.25) is 0.515 Å². The molecule has 0 aromatic heterocycles. The molecule has 0 aromatic rings. The van der Waals surface area contributed by atoms with Crippen LogP contribution in [0.5, 0.6) is 0 Å². The zero-order chi connectivity index (χ0) is 7.11. The zero-order valence-corrected chi connectivity index (χ0v) is 10.2. The first-order valence-corrected chi connectivity index (χ1v) is 6.55. The maximum absolute atomic E-state index is 2.33. The van der Waals surface area contributed by atoms with E-state index in [1.165, 1.54) is 25.7 Å². The van der Waals surface area contributed by atoms with Crippen LogP contribution in [0.3, 0.4) is 0 Å². The Morgan fingerprint density at radius 1 is 1.33 bits per heavy atom. The van der Waals surface area contributed by atoms with Crippen LogP contribution < -0.4 is 0 Å². The van der Waals surface area contributed by atoms with Gasteiger partial charge in [-0.05, 0) is 0 Å². The molecule has 0 N–H and O–H groups in total. The van der Waals surface area contributed by atoms with Gasteiger partial charge in [-0.25, -0.2) is 0 Å². The van der Waals surface area contributed by atoms with Crippen LogP contribution >= 0.6 is 0 Å². The number of unbranched alkanes of at least 4 members (excludes halogenated alkanes) is 1. The Morgan fingerprint density at radius 2 is 2.00 bits per heavy atom. The van der Waals surface area contributed by atoms with Crippen molar-refractivity contribution in [3.8, 4) is 0 Å². The standard InChI is InChI=1S/C8H17.K/c1-4-6-7-8(3)5-2;/h8H,3-7H2,1-2H3;. The van der Waals surface area contributed by atoms with Gasteiger partial charge < -0.3 is 0 Å². The summed E-state index contributed by atoms with van der Waals surface area (Å²) in [6, 6.07) is 0. The van der Waals surface area contributed by atoms with E-state index >= 15 is 0 Å². The summed E-state index contributed by atoms with van der Waals surface area (Å²) in [6.07, 6.45) is 5.74. The average molecular weight is 152 g/mol. The second-order valence-electron chi connectivity index (χ2n) is 2.82. The monoisotopic (exact) mass is 152 g/mol. The van der Waals surface area contributed by atoms with Gasteiger partial charge in [0.1, 0.15) is 0 Å². The topological polar surface area (TPSA) is 0 Å². The van der Waals surface area contributed by atoms with E-state index in [1.54, 1.807) is 0.515 Å². The van der Waals surface area contributed by atoms with Crippen molar-refractivity contribution >= 4 is 49.0 Å². The summed E-state index contributed by atoms with van der Waals surface area (Å²) in [5.74, 6) is 1.09. The summed E-state index contributed by atoms with van der Waals surface area (Å²) in [5.41, 5.74) is 0. The molecule has 9 heavy (non-hydrogen) atoms. The van der Waals surface area contributed by atoms with Gasteiger partial charge >= 0.3 is 94.9 Å². The number of hydrogen-bond donors (Lipinski definition) is 0. The Kier molecular flexibility index (Phi) is 9.15. The molecule has 0 aliphatic heterocycles. The second-order valence-corrected chi connectivity index (χ2v) is 4.10. The van der Waals surface area contributed by atoms with Gasteiger partial charge in [-0.2, -0.15) is 0 Å². The second kappa shape index (κ2) is 7.74. The van der Waals surface area contributed by atoms with Crippen LogP contribution in [0.25, 0.3) is 0 Å². The third kappa shape index (κ3) is 6.05. The molecule has 0 aliphatic carbocycles. The third-order valence-corrected chi connectivity index (χ3v) is 3.92. The van der Waals surface area contributed by atoms with Gasteiger partial charge in [0, 0.05) is 0 Å². The Bertz CT molecular complexity index is 48.5. The minimum atomic E-state index is 1.08.